The van der Waals surface area contributed by atoms with Crippen LogP contribution in [-0.4, -0.2) is 12.5 Å². The third kappa shape index (κ3) is 3.43. The molecule has 1 amide bonds. The van der Waals surface area contributed by atoms with Gasteiger partial charge in [-0.15, -0.1) is 6.58 Å². The lowest BCUT2D eigenvalue weighted by Gasteiger charge is -2.00. The quantitative estimate of drug-likeness (QED) is 0.471. The van der Waals surface area contributed by atoms with E-state index in [0.29, 0.717) is 6.54 Å². The molecule has 0 aliphatic carbocycles. The molecule has 0 unspecified atom stereocenters. The first-order chi connectivity index (χ1) is 7.77. The molecule has 0 atom stereocenters. The van der Waals surface area contributed by atoms with Gasteiger partial charge in [0.2, 0.25) is 0 Å². The molecule has 80 valence electrons. The van der Waals surface area contributed by atoms with Gasteiger partial charge in [-0.05, 0) is 11.6 Å². The van der Waals surface area contributed by atoms with E-state index in [9.17, 15) is 4.79 Å². The number of nitrogens with zero attached hydrogens (tertiary/aromatic N) is 1. The van der Waals surface area contributed by atoms with Gasteiger partial charge < -0.3 is 5.32 Å². The number of benzene rings is 1. The summed E-state index contributed by atoms with van der Waals surface area (Å²) in [6.07, 6.45) is 3.12. The van der Waals surface area contributed by atoms with Crippen LogP contribution in [-0.2, 0) is 4.79 Å². The molecule has 0 heterocycles. The predicted octanol–water partition coefficient (Wildman–Crippen LogP) is 1.90. The number of nitrogens with one attached hydrogen (secondary N) is 1. The van der Waals surface area contributed by atoms with Gasteiger partial charge in [0, 0.05) is 6.54 Å². The highest BCUT2D eigenvalue weighted by atomic mass is 16.1. The summed E-state index contributed by atoms with van der Waals surface area (Å²) in [7, 11) is 0. The van der Waals surface area contributed by atoms with Gasteiger partial charge in [-0.3, -0.25) is 4.79 Å². The van der Waals surface area contributed by atoms with Crippen LogP contribution < -0.4 is 5.32 Å². The smallest absolute Gasteiger partial charge is 0.262 e. The largest absolute Gasteiger partial charge is 0.348 e. The molecule has 0 saturated carbocycles. The Kier molecular flexibility index (Phi) is 4.55. The van der Waals surface area contributed by atoms with E-state index in [1.54, 1.807) is 12.2 Å². The molecule has 0 aliphatic rings. The molecule has 1 rings (SSSR count). The Bertz CT molecular complexity index is 441. The molecule has 16 heavy (non-hydrogen) atoms. The van der Waals surface area contributed by atoms with Crippen molar-refractivity contribution in [2.75, 3.05) is 6.54 Å². The number of rotatable bonds is 4. The molecule has 3 heteroatoms. The van der Waals surface area contributed by atoms with E-state index in [4.69, 9.17) is 5.26 Å². The van der Waals surface area contributed by atoms with Gasteiger partial charge in [0.15, 0.2) is 0 Å². The Labute approximate surface area is 94.7 Å². The minimum absolute atomic E-state index is 0.0908. The summed E-state index contributed by atoms with van der Waals surface area (Å²) in [4.78, 5) is 11.5. The molecule has 0 bridgehead atoms. The summed E-state index contributed by atoms with van der Waals surface area (Å²) in [5, 5.41) is 11.4. The number of hydrogen-bond donors (Lipinski definition) is 1. The first kappa shape index (κ1) is 11.7. The van der Waals surface area contributed by atoms with Crippen molar-refractivity contribution in [2.45, 2.75) is 0 Å². The van der Waals surface area contributed by atoms with Crippen LogP contribution in [0.2, 0.25) is 0 Å². The summed E-state index contributed by atoms with van der Waals surface area (Å²) < 4.78 is 0. The van der Waals surface area contributed by atoms with E-state index in [1.807, 2.05) is 36.4 Å². The Hall–Kier alpha value is -2.34. The van der Waals surface area contributed by atoms with Crippen molar-refractivity contribution < 1.29 is 4.79 Å². The molecule has 0 aromatic heterocycles. The van der Waals surface area contributed by atoms with Crippen molar-refractivity contribution in [1.82, 2.24) is 5.32 Å². The van der Waals surface area contributed by atoms with E-state index in [0.717, 1.165) is 5.56 Å². The van der Waals surface area contributed by atoms with Crippen LogP contribution in [0, 0.1) is 11.3 Å². The summed E-state index contributed by atoms with van der Waals surface area (Å²) in [6, 6.07) is 11.1. The number of carbonyl (C=O) groups excluding carboxylic acids is 1. The average molecular weight is 212 g/mol. The number of carbonyl (C=O) groups is 1. The zero-order valence-corrected chi connectivity index (χ0v) is 8.81. The maximum absolute atomic E-state index is 11.5. The maximum Gasteiger partial charge on any atom is 0.262 e. The third-order valence-corrected chi connectivity index (χ3v) is 1.88. The first-order valence-electron chi connectivity index (χ1n) is 4.84. The van der Waals surface area contributed by atoms with Crippen LogP contribution in [0.4, 0.5) is 0 Å². The zero-order chi connectivity index (χ0) is 11.8. The minimum Gasteiger partial charge on any atom is -0.348 e. The molecule has 1 aromatic rings. The molecule has 3 nitrogen and oxygen atoms in total. The molecular formula is C13H12N2O. The standard InChI is InChI=1S/C13H12N2O/c1-2-8-15-13(16)12(10-14)9-11-6-4-3-5-7-11/h2-7,9H,1,8H2,(H,15,16)/b12-9+. The summed E-state index contributed by atoms with van der Waals surface area (Å²) in [5.74, 6) is -0.383. The fourth-order valence-corrected chi connectivity index (χ4v) is 1.12. The molecule has 0 saturated heterocycles. The van der Waals surface area contributed by atoms with Gasteiger partial charge in [0.25, 0.3) is 5.91 Å². The van der Waals surface area contributed by atoms with E-state index in [2.05, 4.69) is 11.9 Å². The lowest BCUT2D eigenvalue weighted by molar-refractivity contribution is -0.116. The molecule has 0 radical (unpaired) electrons. The van der Waals surface area contributed by atoms with Crippen LogP contribution in [0.25, 0.3) is 6.08 Å². The van der Waals surface area contributed by atoms with Crippen molar-refractivity contribution in [3.8, 4) is 6.07 Å². The van der Waals surface area contributed by atoms with Crippen molar-refractivity contribution in [2.24, 2.45) is 0 Å². The van der Waals surface area contributed by atoms with E-state index >= 15 is 0 Å². The highest BCUT2D eigenvalue weighted by molar-refractivity contribution is 6.01. The van der Waals surface area contributed by atoms with Crippen molar-refractivity contribution in [3.05, 3.63) is 54.1 Å². The highest BCUT2D eigenvalue weighted by Crippen LogP contribution is 2.05. The van der Waals surface area contributed by atoms with Crippen LogP contribution in [0.1, 0.15) is 5.56 Å². The van der Waals surface area contributed by atoms with Gasteiger partial charge in [0.1, 0.15) is 11.6 Å². The minimum atomic E-state index is -0.383. The third-order valence-electron chi connectivity index (χ3n) is 1.88. The number of amides is 1. The molecule has 1 aromatic carbocycles. The first-order valence-corrected chi connectivity index (χ1v) is 4.84. The van der Waals surface area contributed by atoms with Gasteiger partial charge in [-0.1, -0.05) is 36.4 Å². The fourth-order valence-electron chi connectivity index (χ4n) is 1.12. The topological polar surface area (TPSA) is 52.9 Å². The molecule has 0 fully saturated rings. The second kappa shape index (κ2) is 6.20. The van der Waals surface area contributed by atoms with Crippen LogP contribution in [0.3, 0.4) is 0 Å². The molecular weight excluding hydrogens is 200 g/mol. The maximum atomic E-state index is 11.5. The van der Waals surface area contributed by atoms with Crippen molar-refractivity contribution in [3.63, 3.8) is 0 Å². The Morgan fingerprint density at radius 3 is 2.69 bits per heavy atom. The lowest BCUT2D eigenvalue weighted by atomic mass is 10.1. The molecule has 0 spiro atoms. The van der Waals surface area contributed by atoms with E-state index in [-0.39, 0.29) is 11.5 Å². The number of nitriles is 1. The molecule has 1 N–H and O–H groups in total. The fraction of sp³-hybridized carbons (Fsp3) is 0.0769. The second-order valence-corrected chi connectivity index (χ2v) is 3.08. The van der Waals surface area contributed by atoms with Crippen molar-refractivity contribution in [1.29, 1.82) is 5.26 Å². The SMILES string of the molecule is C=CCNC(=O)/C(C#N)=C/c1ccccc1. The Morgan fingerprint density at radius 2 is 2.12 bits per heavy atom. The van der Waals surface area contributed by atoms with Crippen LogP contribution >= 0.6 is 0 Å². The second-order valence-electron chi connectivity index (χ2n) is 3.08. The van der Waals surface area contributed by atoms with Gasteiger partial charge in [-0.25, -0.2) is 0 Å². The summed E-state index contributed by atoms with van der Waals surface area (Å²) >= 11 is 0. The van der Waals surface area contributed by atoms with E-state index in [1.165, 1.54) is 0 Å². The zero-order valence-electron chi connectivity index (χ0n) is 8.81. The Morgan fingerprint density at radius 1 is 1.44 bits per heavy atom. The lowest BCUT2D eigenvalue weighted by Crippen LogP contribution is -2.24. The monoisotopic (exact) mass is 212 g/mol. The Balaban J connectivity index is 2.83. The average Bonchev–Trinajstić information content (AvgIpc) is 2.34. The van der Waals surface area contributed by atoms with E-state index < -0.39 is 0 Å². The predicted molar refractivity (Wildman–Crippen MR) is 63.2 cm³/mol. The van der Waals surface area contributed by atoms with Gasteiger partial charge >= 0.3 is 0 Å². The van der Waals surface area contributed by atoms with Crippen LogP contribution in [0.5, 0.6) is 0 Å². The summed E-state index contributed by atoms with van der Waals surface area (Å²) in [6.45, 7) is 3.84. The van der Waals surface area contributed by atoms with Crippen LogP contribution in [0.15, 0.2) is 48.6 Å². The van der Waals surface area contributed by atoms with Crippen molar-refractivity contribution >= 4 is 12.0 Å². The number of hydrogen-bond acceptors (Lipinski definition) is 2. The van der Waals surface area contributed by atoms with Gasteiger partial charge in [0.05, 0.1) is 0 Å². The highest BCUT2D eigenvalue weighted by Gasteiger charge is 2.06. The molecule has 0 aliphatic heterocycles. The normalized spacial score (nSPS) is 10.3. The summed E-state index contributed by atoms with van der Waals surface area (Å²) in [5.41, 5.74) is 0.917. The van der Waals surface area contributed by atoms with Gasteiger partial charge in [-0.2, -0.15) is 5.26 Å².